The summed E-state index contributed by atoms with van der Waals surface area (Å²) in [4.78, 5) is 11.9. The summed E-state index contributed by atoms with van der Waals surface area (Å²) in [5.74, 6) is 0.634. The molecule has 0 saturated heterocycles. The number of carbonyl (C=O) groups is 1. The van der Waals surface area contributed by atoms with Gasteiger partial charge in [-0.2, -0.15) is 0 Å². The second kappa shape index (κ2) is 7.33. The number of aryl methyl sites for hydroxylation is 1. The smallest absolute Gasteiger partial charge is 0.224 e. The van der Waals surface area contributed by atoms with Crippen molar-refractivity contribution in [1.29, 1.82) is 0 Å². The van der Waals surface area contributed by atoms with Crippen LogP contribution in [0.5, 0.6) is 5.75 Å². The molecule has 0 radical (unpaired) electrons. The van der Waals surface area contributed by atoms with Gasteiger partial charge in [-0.1, -0.05) is 30.3 Å². The summed E-state index contributed by atoms with van der Waals surface area (Å²) >= 11 is 0. The molecular formula is C17H20N2O2. The van der Waals surface area contributed by atoms with E-state index in [-0.39, 0.29) is 5.91 Å². The largest absolute Gasteiger partial charge is 0.497 e. The summed E-state index contributed by atoms with van der Waals surface area (Å²) in [5, 5.41) is 2.83. The molecule has 0 atom stereocenters. The van der Waals surface area contributed by atoms with Gasteiger partial charge in [-0.05, 0) is 30.5 Å². The van der Waals surface area contributed by atoms with Crippen LogP contribution in [0.1, 0.15) is 18.4 Å². The van der Waals surface area contributed by atoms with Crippen molar-refractivity contribution < 1.29 is 9.53 Å². The summed E-state index contributed by atoms with van der Waals surface area (Å²) in [6.45, 7) is 0. The minimum Gasteiger partial charge on any atom is -0.497 e. The van der Waals surface area contributed by atoms with Crippen molar-refractivity contribution in [3.8, 4) is 5.75 Å². The number of nitrogens with one attached hydrogen (secondary N) is 1. The zero-order valence-electron chi connectivity index (χ0n) is 12.1. The number of rotatable bonds is 6. The molecular weight excluding hydrogens is 264 g/mol. The Morgan fingerprint density at radius 2 is 1.95 bits per heavy atom. The number of anilines is 2. The normalized spacial score (nSPS) is 10.1. The fourth-order valence-corrected chi connectivity index (χ4v) is 2.08. The number of methoxy groups -OCH3 is 1. The molecule has 0 aromatic heterocycles. The lowest BCUT2D eigenvalue weighted by Crippen LogP contribution is -2.13. The van der Waals surface area contributed by atoms with Gasteiger partial charge < -0.3 is 15.8 Å². The number of amides is 1. The number of benzene rings is 2. The molecule has 2 rings (SSSR count). The van der Waals surface area contributed by atoms with Gasteiger partial charge in [0.2, 0.25) is 5.91 Å². The second-order valence-electron chi connectivity index (χ2n) is 4.84. The van der Waals surface area contributed by atoms with Gasteiger partial charge in [-0.15, -0.1) is 0 Å². The highest BCUT2D eigenvalue weighted by Crippen LogP contribution is 2.24. The summed E-state index contributed by atoms with van der Waals surface area (Å²) in [5.41, 5.74) is 8.21. The molecule has 0 aliphatic carbocycles. The van der Waals surface area contributed by atoms with Crippen LogP contribution < -0.4 is 15.8 Å². The topological polar surface area (TPSA) is 64.3 Å². The standard InChI is InChI=1S/C17H20N2O2/c1-21-14-10-11-15(18)16(12-14)19-17(20)9-5-8-13-6-3-2-4-7-13/h2-4,6-7,10-12H,5,8-9,18H2,1H3,(H,19,20). The third-order valence-corrected chi connectivity index (χ3v) is 3.25. The van der Waals surface area contributed by atoms with Crippen LogP contribution in [-0.2, 0) is 11.2 Å². The van der Waals surface area contributed by atoms with Gasteiger partial charge >= 0.3 is 0 Å². The number of nitrogens with two attached hydrogens (primary N) is 1. The van der Waals surface area contributed by atoms with E-state index in [1.807, 2.05) is 18.2 Å². The SMILES string of the molecule is COc1ccc(N)c(NC(=O)CCCc2ccccc2)c1. The Kier molecular flexibility index (Phi) is 5.21. The number of hydrogen-bond donors (Lipinski definition) is 2. The summed E-state index contributed by atoms with van der Waals surface area (Å²) < 4.78 is 5.12. The minimum absolute atomic E-state index is 0.0362. The van der Waals surface area contributed by atoms with Crippen LogP contribution in [0.2, 0.25) is 0 Å². The van der Waals surface area contributed by atoms with Crippen LogP contribution in [0.3, 0.4) is 0 Å². The monoisotopic (exact) mass is 284 g/mol. The van der Waals surface area contributed by atoms with Crippen LogP contribution in [-0.4, -0.2) is 13.0 Å². The molecule has 4 heteroatoms. The molecule has 4 nitrogen and oxygen atoms in total. The van der Waals surface area contributed by atoms with Gasteiger partial charge in [0.1, 0.15) is 5.75 Å². The lowest BCUT2D eigenvalue weighted by Gasteiger charge is -2.10. The molecule has 2 aromatic rings. The molecule has 21 heavy (non-hydrogen) atoms. The average molecular weight is 284 g/mol. The molecule has 0 fully saturated rings. The van der Waals surface area contributed by atoms with Gasteiger partial charge in [-0.25, -0.2) is 0 Å². The molecule has 0 spiro atoms. The molecule has 0 unspecified atom stereocenters. The molecule has 0 heterocycles. The van der Waals surface area contributed by atoms with Crippen LogP contribution in [0, 0.1) is 0 Å². The lowest BCUT2D eigenvalue weighted by atomic mass is 10.1. The highest BCUT2D eigenvalue weighted by molar-refractivity contribution is 5.94. The Morgan fingerprint density at radius 1 is 1.19 bits per heavy atom. The number of ether oxygens (including phenoxy) is 1. The quantitative estimate of drug-likeness (QED) is 0.800. The van der Waals surface area contributed by atoms with Crippen molar-refractivity contribution in [3.63, 3.8) is 0 Å². The molecule has 0 aliphatic heterocycles. The van der Waals surface area contributed by atoms with Crippen molar-refractivity contribution in [3.05, 3.63) is 54.1 Å². The second-order valence-corrected chi connectivity index (χ2v) is 4.84. The van der Waals surface area contributed by atoms with Gasteiger partial charge in [0, 0.05) is 12.5 Å². The molecule has 110 valence electrons. The Morgan fingerprint density at radius 3 is 2.67 bits per heavy atom. The maximum atomic E-state index is 11.9. The van der Waals surface area contributed by atoms with Crippen LogP contribution in [0.4, 0.5) is 11.4 Å². The van der Waals surface area contributed by atoms with E-state index in [0.29, 0.717) is 23.5 Å². The third-order valence-electron chi connectivity index (χ3n) is 3.25. The molecule has 0 aliphatic rings. The van der Waals surface area contributed by atoms with E-state index in [0.717, 1.165) is 12.8 Å². The summed E-state index contributed by atoms with van der Waals surface area (Å²) in [6.07, 6.45) is 2.16. The Hall–Kier alpha value is -2.49. The van der Waals surface area contributed by atoms with E-state index in [1.54, 1.807) is 25.3 Å². The van der Waals surface area contributed by atoms with Gasteiger partial charge in [-0.3, -0.25) is 4.79 Å². The van der Waals surface area contributed by atoms with Crippen LogP contribution in [0.25, 0.3) is 0 Å². The summed E-state index contributed by atoms with van der Waals surface area (Å²) in [7, 11) is 1.58. The highest BCUT2D eigenvalue weighted by Gasteiger charge is 2.06. The van der Waals surface area contributed by atoms with Gasteiger partial charge in [0.05, 0.1) is 18.5 Å². The maximum Gasteiger partial charge on any atom is 0.224 e. The number of hydrogen-bond acceptors (Lipinski definition) is 3. The van der Waals surface area contributed by atoms with E-state index in [4.69, 9.17) is 10.5 Å². The van der Waals surface area contributed by atoms with E-state index >= 15 is 0 Å². The van der Waals surface area contributed by atoms with E-state index < -0.39 is 0 Å². The first-order chi connectivity index (χ1) is 10.2. The Balaban J connectivity index is 1.84. The molecule has 3 N–H and O–H groups in total. The van der Waals surface area contributed by atoms with E-state index in [2.05, 4.69) is 17.4 Å². The molecule has 0 saturated carbocycles. The number of carbonyl (C=O) groups excluding carboxylic acids is 1. The Bertz CT molecular complexity index is 597. The lowest BCUT2D eigenvalue weighted by molar-refractivity contribution is -0.116. The van der Waals surface area contributed by atoms with Crippen LogP contribution in [0.15, 0.2) is 48.5 Å². The van der Waals surface area contributed by atoms with Gasteiger partial charge in [0.25, 0.3) is 0 Å². The maximum absolute atomic E-state index is 11.9. The molecule has 0 bridgehead atoms. The van der Waals surface area contributed by atoms with Crippen molar-refractivity contribution in [1.82, 2.24) is 0 Å². The van der Waals surface area contributed by atoms with Crippen molar-refractivity contribution >= 4 is 17.3 Å². The van der Waals surface area contributed by atoms with E-state index in [9.17, 15) is 4.79 Å². The predicted octanol–water partition coefficient (Wildman–Crippen LogP) is 3.24. The predicted molar refractivity (Wildman–Crippen MR) is 85.4 cm³/mol. The third kappa shape index (κ3) is 4.53. The zero-order valence-corrected chi connectivity index (χ0v) is 12.1. The van der Waals surface area contributed by atoms with Crippen molar-refractivity contribution in [2.24, 2.45) is 0 Å². The zero-order chi connectivity index (χ0) is 15.1. The van der Waals surface area contributed by atoms with Crippen molar-refractivity contribution in [2.75, 3.05) is 18.2 Å². The fourth-order valence-electron chi connectivity index (χ4n) is 2.08. The first-order valence-corrected chi connectivity index (χ1v) is 6.96. The minimum atomic E-state index is -0.0362. The van der Waals surface area contributed by atoms with Crippen LogP contribution >= 0.6 is 0 Å². The first-order valence-electron chi connectivity index (χ1n) is 6.96. The average Bonchev–Trinajstić information content (AvgIpc) is 2.50. The summed E-state index contributed by atoms with van der Waals surface area (Å²) in [6, 6.07) is 15.3. The highest BCUT2D eigenvalue weighted by atomic mass is 16.5. The van der Waals surface area contributed by atoms with Crippen molar-refractivity contribution in [2.45, 2.75) is 19.3 Å². The van der Waals surface area contributed by atoms with E-state index in [1.165, 1.54) is 5.56 Å². The number of nitrogen functional groups attached to an aromatic ring is 1. The molecule has 2 aromatic carbocycles. The Labute approximate surface area is 124 Å². The first kappa shape index (κ1) is 14.9. The molecule has 1 amide bonds. The van der Waals surface area contributed by atoms with Gasteiger partial charge in [0.15, 0.2) is 0 Å². The fraction of sp³-hybridized carbons (Fsp3) is 0.235.